The summed E-state index contributed by atoms with van der Waals surface area (Å²) in [5.41, 5.74) is 0. The van der Waals surface area contributed by atoms with E-state index in [9.17, 15) is 8.78 Å². The largest absolute Gasteiger partial charge is 0.492 e. The standard InChI is InChI=1S/C11H13ClF2O.2C2H6/c1-2-3-4-5-15-10-7-8(13)6-9(14)11(10)12;2*1-2/h6-7H,2-5H2,1H3;2*1-2H3. The fraction of sp³-hybridized carbons (Fsp3) is 0.600. The lowest BCUT2D eigenvalue weighted by Crippen LogP contribution is -1.99. The molecular weight excluding hydrogens is 270 g/mol. The van der Waals surface area contributed by atoms with E-state index in [0.29, 0.717) is 6.61 Å². The summed E-state index contributed by atoms with van der Waals surface area (Å²) in [7, 11) is 0. The van der Waals surface area contributed by atoms with Crippen LogP contribution in [0.15, 0.2) is 12.1 Å². The van der Waals surface area contributed by atoms with Crippen LogP contribution in [0.3, 0.4) is 0 Å². The maximum absolute atomic E-state index is 13.0. The summed E-state index contributed by atoms with van der Waals surface area (Å²) in [5.74, 6) is -1.39. The van der Waals surface area contributed by atoms with Crippen LogP contribution in [0.1, 0.15) is 53.9 Å². The number of hydrogen-bond acceptors (Lipinski definition) is 1. The third-order valence-electron chi connectivity index (χ3n) is 1.97. The van der Waals surface area contributed by atoms with Gasteiger partial charge in [0.15, 0.2) is 0 Å². The van der Waals surface area contributed by atoms with Crippen molar-refractivity contribution in [1.82, 2.24) is 0 Å². The summed E-state index contributed by atoms with van der Waals surface area (Å²) in [6.07, 6.45) is 2.94. The molecule has 0 aromatic heterocycles. The Labute approximate surface area is 120 Å². The van der Waals surface area contributed by atoms with E-state index in [4.69, 9.17) is 16.3 Å². The molecule has 0 aliphatic heterocycles. The molecule has 0 saturated heterocycles. The second-order valence-corrected chi connectivity index (χ2v) is 3.63. The Morgan fingerprint density at radius 2 is 1.63 bits per heavy atom. The van der Waals surface area contributed by atoms with Crippen LogP contribution in [0, 0.1) is 11.6 Å². The molecule has 0 bridgehead atoms. The summed E-state index contributed by atoms with van der Waals surface area (Å²) < 4.78 is 31.0. The minimum atomic E-state index is -0.790. The van der Waals surface area contributed by atoms with E-state index in [0.717, 1.165) is 31.4 Å². The molecule has 1 aromatic carbocycles. The third kappa shape index (κ3) is 8.82. The van der Waals surface area contributed by atoms with E-state index >= 15 is 0 Å². The van der Waals surface area contributed by atoms with Crippen LogP contribution in [-0.4, -0.2) is 6.61 Å². The van der Waals surface area contributed by atoms with Gasteiger partial charge in [-0.15, -0.1) is 0 Å². The van der Waals surface area contributed by atoms with Gasteiger partial charge in [0.25, 0.3) is 0 Å². The molecule has 0 heterocycles. The molecule has 0 unspecified atom stereocenters. The molecule has 1 aromatic rings. The van der Waals surface area contributed by atoms with Gasteiger partial charge < -0.3 is 4.74 Å². The first kappa shape index (κ1) is 20.5. The molecule has 19 heavy (non-hydrogen) atoms. The Bertz CT molecular complexity index is 330. The van der Waals surface area contributed by atoms with E-state index < -0.39 is 11.6 Å². The van der Waals surface area contributed by atoms with Gasteiger partial charge in [-0.1, -0.05) is 59.1 Å². The molecule has 112 valence electrons. The second-order valence-electron chi connectivity index (χ2n) is 3.26. The molecule has 4 heteroatoms. The number of ether oxygens (including phenoxy) is 1. The van der Waals surface area contributed by atoms with E-state index in [-0.39, 0.29) is 10.8 Å². The van der Waals surface area contributed by atoms with Crippen molar-refractivity contribution in [1.29, 1.82) is 0 Å². The first-order valence-electron chi connectivity index (χ1n) is 6.92. The first-order chi connectivity index (χ1) is 9.15. The Kier molecular flexibility index (Phi) is 14.7. The maximum Gasteiger partial charge on any atom is 0.148 e. The molecule has 0 N–H and O–H groups in total. The highest BCUT2D eigenvalue weighted by atomic mass is 35.5. The summed E-state index contributed by atoms with van der Waals surface area (Å²) in [6.45, 7) is 10.5. The normalized spacial score (nSPS) is 8.84. The first-order valence-corrected chi connectivity index (χ1v) is 7.30. The lowest BCUT2D eigenvalue weighted by atomic mass is 10.2. The number of benzene rings is 1. The summed E-state index contributed by atoms with van der Waals surface area (Å²) in [4.78, 5) is 0. The Morgan fingerprint density at radius 3 is 2.16 bits per heavy atom. The van der Waals surface area contributed by atoms with Crippen molar-refractivity contribution >= 4 is 11.6 Å². The van der Waals surface area contributed by atoms with Gasteiger partial charge in [0.05, 0.1) is 6.61 Å². The highest BCUT2D eigenvalue weighted by Gasteiger charge is 2.09. The fourth-order valence-electron chi connectivity index (χ4n) is 1.17. The summed E-state index contributed by atoms with van der Waals surface area (Å²) >= 11 is 5.61. The lowest BCUT2D eigenvalue weighted by Gasteiger charge is -2.08. The number of hydrogen-bond donors (Lipinski definition) is 0. The van der Waals surface area contributed by atoms with Gasteiger partial charge in [-0.3, -0.25) is 0 Å². The van der Waals surface area contributed by atoms with Gasteiger partial charge in [-0.25, -0.2) is 8.78 Å². The average Bonchev–Trinajstić information content (AvgIpc) is 2.44. The topological polar surface area (TPSA) is 9.23 Å². The molecular formula is C15H25ClF2O. The molecule has 0 radical (unpaired) electrons. The number of halogens is 3. The van der Waals surface area contributed by atoms with Gasteiger partial charge in [0.2, 0.25) is 0 Å². The van der Waals surface area contributed by atoms with Crippen molar-refractivity contribution in [2.24, 2.45) is 0 Å². The highest BCUT2D eigenvalue weighted by Crippen LogP contribution is 2.28. The van der Waals surface area contributed by atoms with Crippen molar-refractivity contribution < 1.29 is 13.5 Å². The van der Waals surface area contributed by atoms with Crippen LogP contribution in [0.25, 0.3) is 0 Å². The zero-order valence-corrected chi connectivity index (χ0v) is 13.3. The predicted octanol–water partition coefficient (Wildman–Crippen LogP) is 6.24. The fourth-order valence-corrected chi connectivity index (χ4v) is 1.34. The molecule has 1 nitrogen and oxygen atoms in total. The molecule has 0 saturated carbocycles. The smallest absolute Gasteiger partial charge is 0.148 e. The molecule has 0 amide bonds. The summed E-state index contributed by atoms with van der Waals surface area (Å²) in [5, 5.41) is -0.159. The van der Waals surface area contributed by atoms with Gasteiger partial charge in [0, 0.05) is 12.1 Å². The summed E-state index contributed by atoms with van der Waals surface area (Å²) in [6, 6.07) is 1.83. The Morgan fingerprint density at radius 1 is 1.05 bits per heavy atom. The Balaban J connectivity index is 0. The average molecular weight is 295 g/mol. The predicted molar refractivity (Wildman–Crippen MR) is 79.1 cm³/mol. The minimum absolute atomic E-state index is 0.0743. The van der Waals surface area contributed by atoms with Crippen LogP contribution < -0.4 is 4.74 Å². The Hall–Kier alpha value is -0.830. The van der Waals surface area contributed by atoms with Gasteiger partial charge in [-0.05, 0) is 6.42 Å². The van der Waals surface area contributed by atoms with E-state index in [1.807, 2.05) is 27.7 Å². The van der Waals surface area contributed by atoms with Crippen LogP contribution in [0.5, 0.6) is 5.75 Å². The van der Waals surface area contributed by atoms with Gasteiger partial charge in [0.1, 0.15) is 22.4 Å². The SMILES string of the molecule is CC.CC.CCCCCOc1cc(F)cc(F)c1Cl. The molecule has 0 atom stereocenters. The third-order valence-corrected chi connectivity index (χ3v) is 2.33. The van der Waals surface area contributed by atoms with Crippen molar-refractivity contribution in [2.75, 3.05) is 6.61 Å². The van der Waals surface area contributed by atoms with E-state index in [1.165, 1.54) is 0 Å². The molecule has 0 aliphatic rings. The van der Waals surface area contributed by atoms with Gasteiger partial charge in [-0.2, -0.15) is 0 Å². The number of unbranched alkanes of at least 4 members (excludes halogenated alkanes) is 2. The van der Waals surface area contributed by atoms with Crippen LogP contribution in [-0.2, 0) is 0 Å². The number of rotatable bonds is 5. The van der Waals surface area contributed by atoms with Crippen molar-refractivity contribution in [3.63, 3.8) is 0 Å². The highest BCUT2D eigenvalue weighted by molar-refractivity contribution is 6.32. The molecule has 0 spiro atoms. The molecule has 1 rings (SSSR count). The lowest BCUT2D eigenvalue weighted by molar-refractivity contribution is 0.303. The minimum Gasteiger partial charge on any atom is -0.492 e. The molecule has 0 fully saturated rings. The van der Waals surface area contributed by atoms with Crippen molar-refractivity contribution in [2.45, 2.75) is 53.9 Å². The van der Waals surface area contributed by atoms with Gasteiger partial charge >= 0.3 is 0 Å². The molecule has 0 aliphatic carbocycles. The second kappa shape index (κ2) is 13.6. The van der Waals surface area contributed by atoms with E-state index in [2.05, 4.69) is 6.92 Å². The maximum atomic E-state index is 13.0. The zero-order chi connectivity index (χ0) is 15.3. The quantitative estimate of drug-likeness (QED) is 0.461. The van der Waals surface area contributed by atoms with Crippen LogP contribution in [0.4, 0.5) is 8.78 Å². The van der Waals surface area contributed by atoms with Crippen molar-refractivity contribution in [3.8, 4) is 5.75 Å². The zero-order valence-electron chi connectivity index (χ0n) is 12.5. The van der Waals surface area contributed by atoms with Crippen LogP contribution >= 0.6 is 11.6 Å². The van der Waals surface area contributed by atoms with Crippen molar-refractivity contribution in [3.05, 3.63) is 28.8 Å². The van der Waals surface area contributed by atoms with Crippen LogP contribution in [0.2, 0.25) is 5.02 Å². The van der Waals surface area contributed by atoms with E-state index in [1.54, 1.807) is 0 Å². The monoisotopic (exact) mass is 294 g/mol.